The Hall–Kier alpha value is -3.25. The molecule has 0 saturated heterocycles. The predicted octanol–water partition coefficient (Wildman–Crippen LogP) is 2.64. The monoisotopic (exact) mass is 334 g/mol. The summed E-state index contributed by atoms with van der Waals surface area (Å²) >= 11 is 0. The van der Waals surface area contributed by atoms with Gasteiger partial charge in [0.2, 0.25) is 0 Å². The molecule has 3 N–H and O–H groups in total. The molecule has 0 atom stereocenters. The first-order valence-electron chi connectivity index (χ1n) is 7.85. The van der Waals surface area contributed by atoms with Crippen LogP contribution in [0.3, 0.4) is 0 Å². The van der Waals surface area contributed by atoms with Crippen LogP contribution >= 0.6 is 0 Å². The zero-order chi connectivity index (χ0) is 17.5. The largest absolute Gasteiger partial charge is 0.392 e. The van der Waals surface area contributed by atoms with Crippen molar-refractivity contribution in [2.24, 2.45) is 0 Å². The zero-order valence-electron chi connectivity index (χ0n) is 13.5. The second kappa shape index (κ2) is 8.03. The first-order chi connectivity index (χ1) is 12.3. The van der Waals surface area contributed by atoms with Gasteiger partial charge in [0.1, 0.15) is 5.82 Å². The van der Waals surface area contributed by atoms with Crippen molar-refractivity contribution in [1.29, 1.82) is 0 Å². The maximum Gasteiger partial charge on any atom is 0.251 e. The maximum atomic E-state index is 12.4. The van der Waals surface area contributed by atoms with Crippen LogP contribution in [-0.4, -0.2) is 21.0 Å². The maximum absolute atomic E-state index is 12.4. The molecule has 0 aliphatic rings. The van der Waals surface area contributed by atoms with Gasteiger partial charge in [0, 0.05) is 30.2 Å². The quantitative estimate of drug-likeness (QED) is 0.645. The van der Waals surface area contributed by atoms with E-state index in [4.69, 9.17) is 0 Å². The smallest absolute Gasteiger partial charge is 0.251 e. The van der Waals surface area contributed by atoms with E-state index in [-0.39, 0.29) is 12.5 Å². The molecule has 3 rings (SSSR count). The number of anilines is 2. The molecule has 0 spiro atoms. The van der Waals surface area contributed by atoms with Crippen LogP contribution in [0, 0.1) is 0 Å². The van der Waals surface area contributed by atoms with Crippen molar-refractivity contribution in [3.05, 3.63) is 83.8 Å². The van der Waals surface area contributed by atoms with Gasteiger partial charge >= 0.3 is 0 Å². The van der Waals surface area contributed by atoms with E-state index in [1.807, 2.05) is 30.3 Å². The summed E-state index contributed by atoms with van der Waals surface area (Å²) in [5, 5.41) is 15.3. The number of hydrogen-bond donors (Lipinski definition) is 3. The Balaban J connectivity index is 1.67. The topological polar surface area (TPSA) is 87.1 Å². The van der Waals surface area contributed by atoms with Crippen molar-refractivity contribution < 1.29 is 9.90 Å². The lowest BCUT2D eigenvalue weighted by Crippen LogP contribution is -2.23. The number of carbonyl (C=O) groups is 1. The van der Waals surface area contributed by atoms with Gasteiger partial charge in [0.15, 0.2) is 0 Å². The Labute approximate surface area is 145 Å². The Bertz CT molecular complexity index is 853. The van der Waals surface area contributed by atoms with Gasteiger partial charge in [-0.1, -0.05) is 30.3 Å². The van der Waals surface area contributed by atoms with Crippen LogP contribution in [-0.2, 0) is 13.2 Å². The highest BCUT2D eigenvalue weighted by Gasteiger charge is 2.08. The highest BCUT2D eigenvalue weighted by atomic mass is 16.3. The van der Waals surface area contributed by atoms with Gasteiger partial charge in [-0.25, -0.2) is 4.98 Å². The third-order valence-electron chi connectivity index (χ3n) is 3.69. The summed E-state index contributed by atoms with van der Waals surface area (Å²) in [6.07, 6.45) is 4.80. The van der Waals surface area contributed by atoms with Gasteiger partial charge in [0.25, 0.3) is 5.91 Å². The third-order valence-corrected chi connectivity index (χ3v) is 3.69. The number of aliphatic hydroxyl groups is 1. The van der Waals surface area contributed by atoms with E-state index in [0.717, 1.165) is 16.8 Å². The van der Waals surface area contributed by atoms with Crippen LogP contribution in [0.1, 0.15) is 21.5 Å². The van der Waals surface area contributed by atoms with Gasteiger partial charge in [0.05, 0.1) is 12.8 Å². The van der Waals surface area contributed by atoms with Crippen LogP contribution in [0.25, 0.3) is 0 Å². The average molecular weight is 334 g/mol. The number of benzene rings is 2. The lowest BCUT2D eigenvalue weighted by Gasteiger charge is -2.10. The first-order valence-corrected chi connectivity index (χ1v) is 7.85. The highest BCUT2D eigenvalue weighted by molar-refractivity contribution is 5.95. The lowest BCUT2D eigenvalue weighted by atomic mass is 10.1. The summed E-state index contributed by atoms with van der Waals surface area (Å²) in [5.74, 6) is 0.424. The van der Waals surface area contributed by atoms with Crippen molar-refractivity contribution in [2.75, 3.05) is 5.32 Å². The number of rotatable bonds is 6. The molecule has 25 heavy (non-hydrogen) atoms. The van der Waals surface area contributed by atoms with Crippen LogP contribution in [0.5, 0.6) is 0 Å². The SMILES string of the molecule is O=C(NCc1ccccc1CO)c1cccc(Nc2cnccn2)c1. The molecule has 1 heterocycles. The molecule has 0 radical (unpaired) electrons. The van der Waals surface area contributed by atoms with Crippen molar-refractivity contribution in [3.8, 4) is 0 Å². The molecule has 0 aliphatic heterocycles. The van der Waals surface area contributed by atoms with Gasteiger partial charge < -0.3 is 15.7 Å². The number of aliphatic hydroxyl groups excluding tert-OH is 1. The second-order valence-corrected chi connectivity index (χ2v) is 5.41. The molecule has 6 heteroatoms. The predicted molar refractivity (Wildman–Crippen MR) is 95.3 cm³/mol. The van der Waals surface area contributed by atoms with E-state index >= 15 is 0 Å². The minimum atomic E-state index is -0.185. The fourth-order valence-corrected chi connectivity index (χ4v) is 2.41. The molecule has 0 saturated carbocycles. The molecule has 1 aromatic heterocycles. The Morgan fingerprint density at radius 1 is 1.04 bits per heavy atom. The molecular formula is C19H18N4O2. The number of carbonyl (C=O) groups excluding carboxylic acids is 1. The van der Waals surface area contributed by atoms with Crippen molar-refractivity contribution in [3.63, 3.8) is 0 Å². The van der Waals surface area contributed by atoms with Crippen LogP contribution in [0.15, 0.2) is 67.1 Å². The molecule has 0 unspecified atom stereocenters. The molecule has 0 fully saturated rings. The minimum Gasteiger partial charge on any atom is -0.392 e. The van der Waals surface area contributed by atoms with E-state index in [9.17, 15) is 9.90 Å². The number of nitrogens with one attached hydrogen (secondary N) is 2. The van der Waals surface area contributed by atoms with E-state index in [1.54, 1.807) is 36.8 Å². The zero-order valence-corrected chi connectivity index (χ0v) is 13.5. The van der Waals surface area contributed by atoms with Gasteiger partial charge in [-0.3, -0.25) is 9.78 Å². The molecule has 126 valence electrons. The minimum absolute atomic E-state index is 0.0520. The average Bonchev–Trinajstić information content (AvgIpc) is 2.67. The molecule has 2 aromatic carbocycles. The first kappa shape index (κ1) is 16.6. The van der Waals surface area contributed by atoms with Crippen molar-refractivity contribution >= 4 is 17.4 Å². The normalized spacial score (nSPS) is 10.3. The Morgan fingerprint density at radius 2 is 1.88 bits per heavy atom. The summed E-state index contributed by atoms with van der Waals surface area (Å²) in [4.78, 5) is 20.5. The highest BCUT2D eigenvalue weighted by Crippen LogP contribution is 2.15. The van der Waals surface area contributed by atoms with Crippen LogP contribution in [0.2, 0.25) is 0 Å². The third kappa shape index (κ3) is 4.39. The number of hydrogen-bond acceptors (Lipinski definition) is 5. The van der Waals surface area contributed by atoms with Crippen LogP contribution in [0.4, 0.5) is 11.5 Å². The Morgan fingerprint density at radius 3 is 2.64 bits per heavy atom. The molecule has 0 bridgehead atoms. The standard InChI is InChI=1S/C19H18N4O2/c24-13-16-5-2-1-4-15(16)11-22-19(25)14-6-3-7-17(10-14)23-18-12-20-8-9-21-18/h1-10,12,24H,11,13H2,(H,21,23)(H,22,25). The number of amides is 1. The van der Waals surface area contributed by atoms with Gasteiger partial charge in [-0.15, -0.1) is 0 Å². The fourth-order valence-electron chi connectivity index (χ4n) is 2.41. The fraction of sp³-hybridized carbons (Fsp3) is 0.105. The summed E-state index contributed by atoms with van der Waals surface area (Å²) in [7, 11) is 0. The second-order valence-electron chi connectivity index (χ2n) is 5.41. The summed E-state index contributed by atoms with van der Waals surface area (Å²) in [6, 6.07) is 14.6. The van der Waals surface area contributed by atoms with Gasteiger partial charge in [-0.05, 0) is 29.3 Å². The molecule has 0 aliphatic carbocycles. The molecular weight excluding hydrogens is 316 g/mol. The summed E-state index contributed by atoms with van der Waals surface area (Å²) < 4.78 is 0. The summed E-state index contributed by atoms with van der Waals surface area (Å²) in [6.45, 7) is 0.306. The van der Waals surface area contributed by atoms with E-state index in [2.05, 4.69) is 20.6 Å². The lowest BCUT2D eigenvalue weighted by molar-refractivity contribution is 0.0950. The van der Waals surface area contributed by atoms with E-state index in [0.29, 0.717) is 17.9 Å². The molecule has 3 aromatic rings. The van der Waals surface area contributed by atoms with Gasteiger partial charge in [-0.2, -0.15) is 0 Å². The van der Waals surface area contributed by atoms with E-state index in [1.165, 1.54) is 0 Å². The molecule has 6 nitrogen and oxygen atoms in total. The Kier molecular flexibility index (Phi) is 5.33. The number of nitrogens with zero attached hydrogens (tertiary/aromatic N) is 2. The number of aromatic nitrogens is 2. The van der Waals surface area contributed by atoms with E-state index < -0.39 is 0 Å². The van der Waals surface area contributed by atoms with Crippen LogP contribution < -0.4 is 10.6 Å². The van der Waals surface area contributed by atoms with Crippen molar-refractivity contribution in [2.45, 2.75) is 13.2 Å². The molecule has 1 amide bonds. The summed E-state index contributed by atoms with van der Waals surface area (Å²) in [5.41, 5.74) is 2.99. The van der Waals surface area contributed by atoms with Crippen molar-refractivity contribution in [1.82, 2.24) is 15.3 Å².